The number of rotatable bonds is 6. The lowest BCUT2D eigenvalue weighted by Crippen LogP contribution is -2.39. The van der Waals surface area contributed by atoms with Crippen LogP contribution in [0.2, 0.25) is 0 Å². The van der Waals surface area contributed by atoms with Crippen molar-refractivity contribution >= 4 is 33.5 Å². The van der Waals surface area contributed by atoms with E-state index in [4.69, 9.17) is 4.74 Å². The van der Waals surface area contributed by atoms with Crippen LogP contribution in [0.5, 0.6) is 0 Å². The van der Waals surface area contributed by atoms with Crippen molar-refractivity contribution in [2.75, 3.05) is 39.1 Å². The van der Waals surface area contributed by atoms with Crippen LogP contribution in [0.3, 0.4) is 0 Å². The number of anilines is 1. The number of hydrogen-bond donors (Lipinski definition) is 1. The molecule has 1 saturated heterocycles. The zero-order chi connectivity index (χ0) is 20.9. The van der Waals surface area contributed by atoms with Crippen LogP contribution >= 0.6 is 0 Å². The Kier molecular flexibility index (Phi) is 7.14. The van der Waals surface area contributed by atoms with E-state index in [1.165, 1.54) is 39.2 Å². The molecule has 1 fully saturated rings. The molecule has 1 aromatic carbocycles. The van der Waals surface area contributed by atoms with Crippen LogP contribution in [0.1, 0.15) is 19.8 Å². The van der Waals surface area contributed by atoms with Crippen molar-refractivity contribution in [3.63, 3.8) is 0 Å². The number of sulfonamides is 1. The Morgan fingerprint density at radius 3 is 2.43 bits per heavy atom. The van der Waals surface area contributed by atoms with Gasteiger partial charge in [0.15, 0.2) is 6.61 Å². The number of amides is 2. The van der Waals surface area contributed by atoms with Gasteiger partial charge >= 0.3 is 5.97 Å². The third-order valence-corrected chi connectivity index (χ3v) is 6.33. The molecule has 154 valence electrons. The van der Waals surface area contributed by atoms with E-state index < -0.39 is 28.5 Å². The van der Waals surface area contributed by atoms with E-state index in [1.54, 1.807) is 11.0 Å². The van der Waals surface area contributed by atoms with E-state index in [-0.39, 0.29) is 16.7 Å². The van der Waals surface area contributed by atoms with Crippen molar-refractivity contribution in [1.82, 2.24) is 9.21 Å². The molecule has 28 heavy (non-hydrogen) atoms. The minimum atomic E-state index is -3.62. The van der Waals surface area contributed by atoms with Gasteiger partial charge in [0.1, 0.15) is 0 Å². The number of piperidine rings is 1. The molecule has 1 N–H and O–H groups in total. The molecule has 0 aromatic heterocycles. The highest BCUT2D eigenvalue weighted by atomic mass is 32.2. The Morgan fingerprint density at radius 1 is 1.21 bits per heavy atom. The topological polar surface area (TPSA) is 113 Å². The maximum Gasteiger partial charge on any atom is 0.309 e. The second kappa shape index (κ2) is 9.16. The fraction of sp³-hybridized carbons (Fsp3) is 0.500. The van der Waals surface area contributed by atoms with E-state index >= 15 is 0 Å². The van der Waals surface area contributed by atoms with Crippen molar-refractivity contribution in [3.05, 3.63) is 24.3 Å². The normalized spacial score (nSPS) is 15.4. The van der Waals surface area contributed by atoms with Crippen LogP contribution in [-0.4, -0.2) is 69.2 Å². The zero-order valence-corrected chi connectivity index (χ0v) is 17.0. The summed E-state index contributed by atoms with van der Waals surface area (Å²) in [6, 6.07) is 5.83. The number of carbonyl (C=O) groups is 3. The van der Waals surface area contributed by atoms with Gasteiger partial charge in [-0.3, -0.25) is 14.4 Å². The predicted octanol–water partition coefficient (Wildman–Crippen LogP) is 0.677. The first-order valence-electron chi connectivity index (χ1n) is 8.86. The quantitative estimate of drug-likeness (QED) is 0.689. The van der Waals surface area contributed by atoms with Crippen LogP contribution in [0.4, 0.5) is 5.69 Å². The first kappa shape index (κ1) is 21.8. The van der Waals surface area contributed by atoms with E-state index in [2.05, 4.69) is 5.32 Å². The zero-order valence-electron chi connectivity index (χ0n) is 16.2. The molecule has 0 aliphatic carbocycles. The molecule has 10 heteroatoms. The summed E-state index contributed by atoms with van der Waals surface area (Å²) in [6.07, 6.45) is 1.01. The van der Waals surface area contributed by atoms with Crippen LogP contribution in [0.25, 0.3) is 0 Å². The third kappa shape index (κ3) is 5.52. The van der Waals surface area contributed by atoms with E-state index in [0.29, 0.717) is 31.6 Å². The van der Waals surface area contributed by atoms with Gasteiger partial charge in [-0.05, 0) is 31.0 Å². The number of esters is 1. The number of benzene rings is 1. The molecule has 1 aliphatic heterocycles. The smallest absolute Gasteiger partial charge is 0.309 e. The molecule has 9 nitrogen and oxygen atoms in total. The molecule has 0 atom stereocenters. The second-order valence-electron chi connectivity index (χ2n) is 6.75. The van der Waals surface area contributed by atoms with Crippen LogP contribution in [0.15, 0.2) is 29.2 Å². The lowest BCUT2D eigenvalue weighted by Gasteiger charge is -2.29. The van der Waals surface area contributed by atoms with Crippen molar-refractivity contribution in [3.8, 4) is 0 Å². The van der Waals surface area contributed by atoms with E-state index in [1.807, 2.05) is 0 Å². The van der Waals surface area contributed by atoms with Crippen molar-refractivity contribution in [1.29, 1.82) is 0 Å². The Balaban J connectivity index is 1.86. The number of likely N-dealkylation sites (tertiary alicyclic amines) is 1. The maximum absolute atomic E-state index is 12.1. The summed E-state index contributed by atoms with van der Waals surface area (Å²) >= 11 is 0. The molecule has 2 rings (SSSR count). The lowest BCUT2D eigenvalue weighted by molar-refractivity contribution is -0.153. The Morgan fingerprint density at radius 2 is 1.86 bits per heavy atom. The average Bonchev–Trinajstić information content (AvgIpc) is 2.66. The molecule has 0 spiro atoms. The van der Waals surface area contributed by atoms with Gasteiger partial charge in [-0.15, -0.1) is 0 Å². The van der Waals surface area contributed by atoms with Crippen LogP contribution in [0, 0.1) is 5.92 Å². The summed E-state index contributed by atoms with van der Waals surface area (Å²) in [5.41, 5.74) is 0.291. The fourth-order valence-corrected chi connectivity index (χ4v) is 3.77. The third-order valence-electron chi connectivity index (χ3n) is 4.52. The summed E-state index contributed by atoms with van der Waals surface area (Å²) in [6.45, 7) is 2.01. The molecule has 1 aromatic rings. The van der Waals surface area contributed by atoms with Crippen LogP contribution < -0.4 is 5.32 Å². The number of carbonyl (C=O) groups excluding carboxylic acids is 3. The van der Waals surface area contributed by atoms with Gasteiger partial charge in [0, 0.05) is 39.8 Å². The molecule has 0 saturated carbocycles. The fourth-order valence-electron chi connectivity index (χ4n) is 2.83. The van der Waals surface area contributed by atoms with Crippen LogP contribution in [-0.2, 0) is 29.1 Å². The Labute approximate surface area is 164 Å². The SMILES string of the molecule is CC(=O)N1CCC(C(=O)OCC(=O)Nc2cccc(S(=O)(=O)N(C)C)c2)CC1. The molecule has 0 bridgehead atoms. The monoisotopic (exact) mass is 411 g/mol. The molecule has 1 heterocycles. The summed E-state index contributed by atoms with van der Waals surface area (Å²) in [7, 11) is -0.782. The number of ether oxygens (including phenoxy) is 1. The second-order valence-corrected chi connectivity index (χ2v) is 8.90. The molecule has 2 amide bonds. The summed E-state index contributed by atoms with van der Waals surface area (Å²) in [4.78, 5) is 37.2. The summed E-state index contributed by atoms with van der Waals surface area (Å²) in [5, 5.41) is 2.52. The first-order chi connectivity index (χ1) is 13.1. The minimum absolute atomic E-state index is 0.0234. The number of nitrogens with zero attached hydrogens (tertiary/aromatic N) is 2. The average molecular weight is 411 g/mol. The van der Waals surface area contributed by atoms with E-state index in [9.17, 15) is 22.8 Å². The summed E-state index contributed by atoms with van der Waals surface area (Å²) < 4.78 is 30.4. The highest BCUT2D eigenvalue weighted by molar-refractivity contribution is 7.89. The first-order valence-corrected chi connectivity index (χ1v) is 10.3. The Bertz CT molecular complexity index is 845. The van der Waals surface area contributed by atoms with Crippen molar-refractivity contribution in [2.24, 2.45) is 5.92 Å². The highest BCUT2D eigenvalue weighted by Gasteiger charge is 2.27. The largest absolute Gasteiger partial charge is 0.455 e. The Hall–Kier alpha value is -2.46. The minimum Gasteiger partial charge on any atom is -0.455 e. The molecule has 1 aliphatic rings. The maximum atomic E-state index is 12.1. The standard InChI is InChI=1S/C18H25N3O6S/c1-13(22)21-9-7-14(8-10-21)18(24)27-12-17(23)19-15-5-4-6-16(11-15)28(25,26)20(2)3/h4-6,11,14H,7-10,12H2,1-3H3,(H,19,23). The highest BCUT2D eigenvalue weighted by Crippen LogP contribution is 2.20. The van der Waals surface area contributed by atoms with Gasteiger partial charge in [0.25, 0.3) is 5.91 Å². The van der Waals surface area contributed by atoms with Gasteiger partial charge in [-0.2, -0.15) is 0 Å². The molecular weight excluding hydrogens is 386 g/mol. The van der Waals surface area contributed by atoms with Gasteiger partial charge in [-0.25, -0.2) is 12.7 Å². The van der Waals surface area contributed by atoms with E-state index in [0.717, 1.165) is 4.31 Å². The van der Waals surface area contributed by atoms with Gasteiger partial charge in [0.2, 0.25) is 15.9 Å². The van der Waals surface area contributed by atoms with Gasteiger partial charge in [0.05, 0.1) is 10.8 Å². The lowest BCUT2D eigenvalue weighted by atomic mass is 9.97. The predicted molar refractivity (Wildman–Crippen MR) is 102 cm³/mol. The van der Waals surface area contributed by atoms with Crippen molar-refractivity contribution < 1.29 is 27.5 Å². The molecular formula is C18H25N3O6S. The van der Waals surface area contributed by atoms with Crippen molar-refractivity contribution in [2.45, 2.75) is 24.7 Å². The van der Waals surface area contributed by atoms with Gasteiger partial charge in [-0.1, -0.05) is 6.07 Å². The molecule has 0 unspecified atom stereocenters. The van der Waals surface area contributed by atoms with Gasteiger partial charge < -0.3 is 15.0 Å². The summed E-state index contributed by atoms with van der Waals surface area (Å²) in [5.74, 6) is -1.39. The molecule has 0 radical (unpaired) electrons. The number of hydrogen-bond acceptors (Lipinski definition) is 6. The number of nitrogens with one attached hydrogen (secondary N) is 1.